The number of alkyl halides is 1. The first-order valence-electron chi connectivity index (χ1n) is 6.34. The maximum Gasteiger partial charge on any atom is 0.154 e. The third-order valence-corrected chi connectivity index (χ3v) is 4.47. The average Bonchev–Trinajstić information content (AvgIpc) is 2.90. The number of aromatic nitrogens is 3. The molecule has 2 atom stereocenters. The summed E-state index contributed by atoms with van der Waals surface area (Å²) >= 11 is 3.63. The third-order valence-electron chi connectivity index (χ3n) is 3.80. The molecule has 0 amide bonds. The van der Waals surface area contributed by atoms with E-state index in [9.17, 15) is 0 Å². The molecule has 2 unspecified atom stereocenters. The van der Waals surface area contributed by atoms with Gasteiger partial charge in [-0.15, -0.1) is 0 Å². The van der Waals surface area contributed by atoms with Gasteiger partial charge in [0.05, 0.1) is 5.69 Å². The Morgan fingerprint density at radius 3 is 3.11 bits per heavy atom. The summed E-state index contributed by atoms with van der Waals surface area (Å²) < 4.78 is 1.92. The van der Waals surface area contributed by atoms with Crippen molar-refractivity contribution < 1.29 is 0 Å². The molecule has 1 aliphatic heterocycles. The zero-order valence-electron chi connectivity index (χ0n) is 10.7. The van der Waals surface area contributed by atoms with Crippen molar-refractivity contribution in [2.75, 3.05) is 16.8 Å². The highest BCUT2D eigenvalue weighted by molar-refractivity contribution is 9.09. The van der Waals surface area contributed by atoms with Crippen LogP contribution in [0.2, 0.25) is 0 Å². The second-order valence-electron chi connectivity index (χ2n) is 5.05. The minimum absolute atomic E-state index is 0.527. The molecular weight excluding hydrogens is 292 g/mol. The lowest BCUT2D eigenvalue weighted by atomic mass is 10.1. The van der Waals surface area contributed by atoms with E-state index in [2.05, 4.69) is 43.9 Å². The lowest BCUT2D eigenvalue weighted by Crippen LogP contribution is -2.34. The molecule has 0 radical (unpaired) electrons. The van der Waals surface area contributed by atoms with Crippen LogP contribution in [0.4, 0.5) is 5.82 Å². The SMILES string of the molecule is Cc1cc2c(N3CCC(C)C3CBr)nccn2n1. The topological polar surface area (TPSA) is 33.4 Å². The van der Waals surface area contributed by atoms with Crippen LogP contribution < -0.4 is 4.90 Å². The third kappa shape index (κ3) is 1.81. The first kappa shape index (κ1) is 12.0. The van der Waals surface area contributed by atoms with Gasteiger partial charge in [-0.2, -0.15) is 5.10 Å². The number of anilines is 1. The quantitative estimate of drug-likeness (QED) is 0.800. The van der Waals surface area contributed by atoms with Crippen LogP contribution in [0.5, 0.6) is 0 Å². The lowest BCUT2D eigenvalue weighted by Gasteiger charge is -2.26. The standard InChI is InChI=1S/C13H17BrN4/c1-9-3-5-17(12(9)8-14)13-11-7-10(2)16-18(11)6-4-15-13/h4,6-7,9,12H,3,5,8H2,1-2H3. The maximum absolute atomic E-state index is 4.58. The van der Waals surface area contributed by atoms with Crippen LogP contribution in [0.25, 0.3) is 5.52 Å². The van der Waals surface area contributed by atoms with Gasteiger partial charge in [-0.25, -0.2) is 9.50 Å². The molecule has 1 fully saturated rings. The second-order valence-corrected chi connectivity index (χ2v) is 5.69. The highest BCUT2D eigenvalue weighted by Crippen LogP contribution is 2.31. The zero-order chi connectivity index (χ0) is 12.7. The Bertz CT molecular complexity index is 565. The van der Waals surface area contributed by atoms with E-state index in [0.717, 1.165) is 28.9 Å². The van der Waals surface area contributed by atoms with Crippen molar-refractivity contribution >= 4 is 27.3 Å². The zero-order valence-corrected chi connectivity index (χ0v) is 12.3. The van der Waals surface area contributed by atoms with Gasteiger partial charge in [0, 0.05) is 30.3 Å². The van der Waals surface area contributed by atoms with Gasteiger partial charge in [-0.05, 0) is 25.3 Å². The van der Waals surface area contributed by atoms with Crippen LogP contribution in [-0.4, -0.2) is 32.5 Å². The monoisotopic (exact) mass is 308 g/mol. The van der Waals surface area contributed by atoms with Crippen molar-refractivity contribution in [3.63, 3.8) is 0 Å². The molecule has 2 aromatic rings. The fraction of sp³-hybridized carbons (Fsp3) is 0.538. The van der Waals surface area contributed by atoms with E-state index in [-0.39, 0.29) is 0 Å². The van der Waals surface area contributed by atoms with Crippen LogP contribution in [-0.2, 0) is 0 Å². The average molecular weight is 309 g/mol. The number of rotatable bonds is 2. The molecule has 4 nitrogen and oxygen atoms in total. The number of fused-ring (bicyclic) bond motifs is 1. The second kappa shape index (κ2) is 4.53. The van der Waals surface area contributed by atoms with Gasteiger partial charge in [0.1, 0.15) is 5.52 Å². The van der Waals surface area contributed by atoms with E-state index in [1.807, 2.05) is 23.8 Å². The summed E-state index contributed by atoms with van der Waals surface area (Å²) in [5, 5.41) is 5.44. The normalized spacial score (nSPS) is 24.1. The van der Waals surface area contributed by atoms with Crippen LogP contribution in [0.1, 0.15) is 19.0 Å². The van der Waals surface area contributed by atoms with E-state index in [0.29, 0.717) is 12.0 Å². The molecule has 0 aliphatic carbocycles. The summed E-state index contributed by atoms with van der Waals surface area (Å²) in [7, 11) is 0. The van der Waals surface area contributed by atoms with E-state index < -0.39 is 0 Å². The van der Waals surface area contributed by atoms with Gasteiger partial charge < -0.3 is 4.90 Å². The molecule has 18 heavy (non-hydrogen) atoms. The molecule has 5 heteroatoms. The minimum atomic E-state index is 0.527. The summed E-state index contributed by atoms with van der Waals surface area (Å²) in [5.41, 5.74) is 2.14. The highest BCUT2D eigenvalue weighted by atomic mass is 79.9. The lowest BCUT2D eigenvalue weighted by molar-refractivity contribution is 0.553. The van der Waals surface area contributed by atoms with Crippen LogP contribution in [0, 0.1) is 12.8 Å². The first-order chi connectivity index (χ1) is 8.70. The predicted octanol–water partition coefficient (Wildman–Crippen LogP) is 2.65. The number of halogens is 1. The van der Waals surface area contributed by atoms with Crippen LogP contribution >= 0.6 is 15.9 Å². The fourth-order valence-corrected chi connectivity index (χ4v) is 3.75. The summed E-state index contributed by atoms with van der Waals surface area (Å²) in [6.45, 7) is 5.41. The molecule has 0 N–H and O–H groups in total. The molecule has 0 spiro atoms. The fourth-order valence-electron chi connectivity index (χ4n) is 2.76. The van der Waals surface area contributed by atoms with Crippen LogP contribution in [0.3, 0.4) is 0 Å². The Morgan fingerprint density at radius 1 is 1.50 bits per heavy atom. The van der Waals surface area contributed by atoms with Gasteiger partial charge in [0.2, 0.25) is 0 Å². The number of aryl methyl sites for hydroxylation is 1. The molecule has 3 heterocycles. The molecular formula is C13H17BrN4. The van der Waals surface area contributed by atoms with Crippen molar-refractivity contribution in [1.29, 1.82) is 0 Å². The van der Waals surface area contributed by atoms with E-state index in [1.54, 1.807) is 0 Å². The van der Waals surface area contributed by atoms with Crippen molar-refractivity contribution in [3.05, 3.63) is 24.2 Å². The van der Waals surface area contributed by atoms with Gasteiger partial charge in [0.25, 0.3) is 0 Å². The van der Waals surface area contributed by atoms with Crippen LogP contribution in [0.15, 0.2) is 18.5 Å². The van der Waals surface area contributed by atoms with Gasteiger partial charge in [-0.3, -0.25) is 0 Å². The molecule has 0 saturated carbocycles. The molecule has 1 saturated heterocycles. The van der Waals surface area contributed by atoms with E-state index >= 15 is 0 Å². The van der Waals surface area contributed by atoms with Gasteiger partial charge in [0.15, 0.2) is 5.82 Å². The molecule has 0 bridgehead atoms. The Labute approximate surface area is 115 Å². The van der Waals surface area contributed by atoms with Gasteiger partial charge in [-0.1, -0.05) is 22.9 Å². The molecule has 3 rings (SSSR count). The largest absolute Gasteiger partial charge is 0.351 e. The maximum atomic E-state index is 4.58. The molecule has 96 valence electrons. The number of nitrogens with zero attached hydrogens (tertiary/aromatic N) is 4. The van der Waals surface area contributed by atoms with E-state index in [1.165, 1.54) is 6.42 Å². The number of hydrogen-bond acceptors (Lipinski definition) is 3. The van der Waals surface area contributed by atoms with E-state index in [4.69, 9.17) is 0 Å². The Balaban J connectivity index is 2.08. The van der Waals surface area contributed by atoms with Crippen molar-refractivity contribution in [2.45, 2.75) is 26.3 Å². The minimum Gasteiger partial charge on any atom is -0.351 e. The van der Waals surface area contributed by atoms with Gasteiger partial charge >= 0.3 is 0 Å². The highest BCUT2D eigenvalue weighted by Gasteiger charge is 2.32. The van der Waals surface area contributed by atoms with Crippen molar-refractivity contribution in [2.24, 2.45) is 5.92 Å². The summed E-state index contributed by atoms with van der Waals surface area (Å²) in [5.74, 6) is 1.77. The Morgan fingerprint density at radius 2 is 2.33 bits per heavy atom. The Hall–Kier alpha value is -1.10. The van der Waals surface area contributed by atoms with Crippen molar-refractivity contribution in [3.8, 4) is 0 Å². The summed E-state index contributed by atoms with van der Waals surface area (Å²) in [4.78, 5) is 6.99. The predicted molar refractivity (Wildman–Crippen MR) is 76.4 cm³/mol. The molecule has 2 aromatic heterocycles. The summed E-state index contributed by atoms with van der Waals surface area (Å²) in [6, 6.07) is 2.63. The Kier molecular flexibility index (Phi) is 3.01. The van der Waals surface area contributed by atoms with Crippen molar-refractivity contribution in [1.82, 2.24) is 14.6 Å². The first-order valence-corrected chi connectivity index (χ1v) is 7.46. The smallest absolute Gasteiger partial charge is 0.154 e. The molecule has 0 aromatic carbocycles. The number of hydrogen-bond donors (Lipinski definition) is 0. The summed E-state index contributed by atoms with van der Waals surface area (Å²) in [6.07, 6.45) is 4.98. The molecule has 1 aliphatic rings.